The van der Waals surface area contributed by atoms with Crippen molar-refractivity contribution in [2.24, 2.45) is 5.41 Å². The number of carboxylic acids is 2. The van der Waals surface area contributed by atoms with Gasteiger partial charge in [0.1, 0.15) is 5.75 Å². The van der Waals surface area contributed by atoms with E-state index in [0.717, 1.165) is 18.4 Å². The fraction of sp³-hybridized carbons (Fsp3) is 0.450. The zero-order valence-electron chi connectivity index (χ0n) is 15.2. The Balaban J connectivity index is 2.99. The standard InChI is InChI=1S/C20H26O6/c1-4-5-6-7-12-20(19(24)25,15(3)18(22)23)13-17(21)26-16-10-8-14(2)9-11-16/h8-11H,3-7,12-13H2,1-2H3,(H,22,23)(H,24,25)/p-2. The van der Waals surface area contributed by atoms with Crippen molar-refractivity contribution in [1.82, 2.24) is 0 Å². The molecule has 0 aliphatic carbocycles. The van der Waals surface area contributed by atoms with Gasteiger partial charge in [-0.1, -0.05) is 56.9 Å². The van der Waals surface area contributed by atoms with Crippen molar-refractivity contribution in [2.75, 3.05) is 0 Å². The molecule has 1 aromatic rings. The van der Waals surface area contributed by atoms with Crippen LogP contribution in [0.3, 0.4) is 0 Å². The number of hydrogen-bond acceptors (Lipinski definition) is 6. The average Bonchev–Trinajstić information content (AvgIpc) is 2.58. The van der Waals surface area contributed by atoms with E-state index in [1.54, 1.807) is 24.3 Å². The molecule has 0 amide bonds. The summed E-state index contributed by atoms with van der Waals surface area (Å²) in [5, 5.41) is 23.1. The fourth-order valence-electron chi connectivity index (χ4n) is 2.71. The van der Waals surface area contributed by atoms with Crippen LogP contribution in [-0.2, 0) is 14.4 Å². The van der Waals surface area contributed by atoms with Crippen LogP contribution in [0.2, 0.25) is 0 Å². The van der Waals surface area contributed by atoms with Gasteiger partial charge in [-0.05, 0) is 31.1 Å². The van der Waals surface area contributed by atoms with Crippen LogP contribution in [0, 0.1) is 12.3 Å². The van der Waals surface area contributed by atoms with Gasteiger partial charge in [0, 0.05) is 5.41 Å². The van der Waals surface area contributed by atoms with Crippen LogP contribution in [0.1, 0.15) is 51.0 Å². The Morgan fingerprint density at radius 2 is 1.69 bits per heavy atom. The van der Waals surface area contributed by atoms with Crippen molar-refractivity contribution in [3.8, 4) is 5.75 Å². The normalized spacial score (nSPS) is 12.8. The SMILES string of the molecule is C=C(C(=O)[O-])C(CCCCCC)(CC(=O)Oc1ccc(C)cc1)C(=O)[O-]. The fourth-order valence-corrected chi connectivity index (χ4v) is 2.71. The van der Waals surface area contributed by atoms with Gasteiger partial charge in [-0.25, -0.2) is 0 Å². The first-order valence-electron chi connectivity index (χ1n) is 8.62. The molecule has 1 rings (SSSR count). The maximum Gasteiger partial charge on any atom is 0.312 e. The second kappa shape index (κ2) is 9.75. The number of hydrogen-bond donors (Lipinski definition) is 0. The molecule has 0 N–H and O–H groups in total. The molecular weight excluding hydrogens is 336 g/mol. The van der Waals surface area contributed by atoms with E-state index in [1.165, 1.54) is 0 Å². The number of unbranched alkanes of at least 4 members (excludes halogenated alkanes) is 3. The summed E-state index contributed by atoms with van der Waals surface area (Å²) in [6, 6.07) is 6.62. The Hall–Kier alpha value is -2.63. The number of aliphatic carboxylic acids is 2. The number of ether oxygens (including phenoxy) is 1. The van der Waals surface area contributed by atoms with Crippen molar-refractivity contribution in [2.45, 2.75) is 52.4 Å². The van der Waals surface area contributed by atoms with E-state index < -0.39 is 35.3 Å². The maximum absolute atomic E-state index is 12.3. The minimum Gasteiger partial charge on any atom is -0.549 e. The molecule has 0 aromatic heterocycles. The lowest BCUT2D eigenvalue weighted by Crippen LogP contribution is -2.49. The first-order valence-corrected chi connectivity index (χ1v) is 8.62. The summed E-state index contributed by atoms with van der Waals surface area (Å²) in [6.07, 6.45) is 2.17. The van der Waals surface area contributed by atoms with Crippen molar-refractivity contribution >= 4 is 17.9 Å². The van der Waals surface area contributed by atoms with E-state index in [1.807, 2.05) is 13.8 Å². The van der Waals surface area contributed by atoms with Crippen LogP contribution in [0.5, 0.6) is 5.75 Å². The van der Waals surface area contributed by atoms with Crippen LogP contribution in [0.15, 0.2) is 36.4 Å². The Morgan fingerprint density at radius 3 is 2.19 bits per heavy atom. The van der Waals surface area contributed by atoms with Gasteiger partial charge in [-0.3, -0.25) is 4.79 Å². The number of carboxylic acid groups (broad SMARTS) is 2. The molecule has 142 valence electrons. The molecule has 1 unspecified atom stereocenters. The van der Waals surface area contributed by atoms with E-state index in [2.05, 4.69) is 6.58 Å². The quantitative estimate of drug-likeness (QED) is 0.255. The van der Waals surface area contributed by atoms with Gasteiger partial charge < -0.3 is 24.5 Å². The third-order valence-electron chi connectivity index (χ3n) is 4.37. The third-order valence-corrected chi connectivity index (χ3v) is 4.37. The lowest BCUT2D eigenvalue weighted by molar-refractivity contribution is -0.322. The van der Waals surface area contributed by atoms with Gasteiger partial charge in [0.25, 0.3) is 0 Å². The molecule has 0 fully saturated rings. The highest BCUT2D eigenvalue weighted by atomic mass is 16.5. The molecule has 0 heterocycles. The maximum atomic E-state index is 12.3. The van der Waals surface area contributed by atoms with E-state index in [-0.39, 0.29) is 12.2 Å². The van der Waals surface area contributed by atoms with Crippen LogP contribution < -0.4 is 14.9 Å². The summed E-state index contributed by atoms with van der Waals surface area (Å²) in [5.41, 5.74) is -1.75. The largest absolute Gasteiger partial charge is 0.549 e. The van der Waals surface area contributed by atoms with Crippen molar-refractivity contribution in [1.29, 1.82) is 0 Å². The second-order valence-electron chi connectivity index (χ2n) is 6.41. The number of carbonyl (C=O) groups is 3. The summed E-state index contributed by atoms with van der Waals surface area (Å²) in [5.74, 6) is -3.99. The molecule has 0 spiro atoms. The van der Waals surface area contributed by atoms with Gasteiger partial charge >= 0.3 is 5.97 Å². The third kappa shape index (κ3) is 5.72. The molecule has 6 heteroatoms. The highest BCUT2D eigenvalue weighted by Crippen LogP contribution is 2.36. The zero-order valence-corrected chi connectivity index (χ0v) is 15.2. The minimum atomic E-state index is -2.05. The Labute approximate surface area is 153 Å². The number of carbonyl (C=O) groups excluding carboxylic acids is 3. The van der Waals surface area contributed by atoms with E-state index >= 15 is 0 Å². The van der Waals surface area contributed by atoms with Crippen molar-refractivity contribution in [3.63, 3.8) is 0 Å². The molecule has 0 aliphatic rings. The monoisotopic (exact) mass is 360 g/mol. The Morgan fingerprint density at radius 1 is 1.08 bits per heavy atom. The Bertz CT molecular complexity index is 661. The van der Waals surface area contributed by atoms with Crippen molar-refractivity contribution in [3.05, 3.63) is 42.0 Å². The lowest BCUT2D eigenvalue weighted by atomic mass is 9.73. The second-order valence-corrected chi connectivity index (χ2v) is 6.41. The van der Waals surface area contributed by atoms with E-state index in [4.69, 9.17) is 4.74 Å². The molecular formula is C20H24O6-2. The van der Waals surface area contributed by atoms with Gasteiger partial charge in [0.2, 0.25) is 0 Å². The molecule has 0 bridgehead atoms. The molecule has 6 nitrogen and oxygen atoms in total. The van der Waals surface area contributed by atoms with Crippen LogP contribution >= 0.6 is 0 Å². The van der Waals surface area contributed by atoms with E-state index in [0.29, 0.717) is 12.8 Å². The summed E-state index contributed by atoms with van der Waals surface area (Å²) < 4.78 is 5.15. The molecule has 26 heavy (non-hydrogen) atoms. The van der Waals surface area contributed by atoms with Crippen molar-refractivity contribution < 1.29 is 29.3 Å². The predicted molar refractivity (Wildman–Crippen MR) is 91.8 cm³/mol. The average molecular weight is 360 g/mol. The van der Waals surface area contributed by atoms with Crippen LogP contribution in [0.4, 0.5) is 0 Å². The van der Waals surface area contributed by atoms with Crippen LogP contribution in [-0.4, -0.2) is 17.9 Å². The highest BCUT2D eigenvalue weighted by Gasteiger charge is 2.38. The van der Waals surface area contributed by atoms with Gasteiger partial charge in [-0.15, -0.1) is 0 Å². The molecule has 0 radical (unpaired) electrons. The smallest absolute Gasteiger partial charge is 0.312 e. The van der Waals surface area contributed by atoms with Gasteiger partial charge in [0.15, 0.2) is 0 Å². The summed E-state index contributed by atoms with van der Waals surface area (Å²) in [7, 11) is 0. The molecule has 0 saturated heterocycles. The minimum absolute atomic E-state index is 0.0782. The highest BCUT2D eigenvalue weighted by molar-refractivity contribution is 5.96. The number of aryl methyl sites for hydroxylation is 1. The Kier molecular flexibility index (Phi) is 8.03. The first-order chi connectivity index (χ1) is 12.2. The number of esters is 1. The van der Waals surface area contributed by atoms with Gasteiger partial charge in [0.05, 0.1) is 18.4 Å². The number of benzene rings is 1. The van der Waals surface area contributed by atoms with Crippen LogP contribution in [0.25, 0.3) is 0 Å². The molecule has 1 aromatic carbocycles. The topological polar surface area (TPSA) is 107 Å². The summed E-state index contributed by atoms with van der Waals surface area (Å²) in [6.45, 7) is 7.19. The van der Waals surface area contributed by atoms with E-state index in [9.17, 15) is 24.6 Å². The predicted octanol–water partition coefficient (Wildman–Crippen LogP) is 1.30. The lowest BCUT2D eigenvalue weighted by Gasteiger charge is -2.36. The summed E-state index contributed by atoms with van der Waals surface area (Å²) in [4.78, 5) is 35.3. The number of rotatable bonds is 11. The molecule has 0 saturated carbocycles. The molecule has 0 aliphatic heterocycles. The molecule has 1 atom stereocenters. The first kappa shape index (κ1) is 21.4. The zero-order chi connectivity index (χ0) is 19.7. The summed E-state index contributed by atoms with van der Waals surface area (Å²) >= 11 is 0. The van der Waals surface area contributed by atoms with Gasteiger partial charge in [-0.2, -0.15) is 0 Å².